The number of hydrogen-bond donors (Lipinski definition) is 2. The van der Waals surface area contributed by atoms with Crippen molar-refractivity contribution in [2.75, 3.05) is 58.6 Å². The Kier molecular flexibility index (Phi) is 5.29. The van der Waals surface area contributed by atoms with Crippen LogP contribution in [0.25, 0.3) is 11.0 Å². The number of nitrogens with zero attached hydrogens (tertiary/aromatic N) is 6. The summed E-state index contributed by atoms with van der Waals surface area (Å²) in [7, 11) is 2.25. The molecule has 0 saturated carbocycles. The molecule has 200 valence electrons. The molecule has 9 heteroatoms. The number of aryl methyl sites for hydroxylation is 2. The van der Waals surface area contributed by atoms with Gasteiger partial charge in [0.25, 0.3) is 0 Å². The highest BCUT2D eigenvalue weighted by Gasteiger charge is 2.39. The molecular formula is C30H34N8S. The summed E-state index contributed by atoms with van der Waals surface area (Å²) in [5.41, 5.74) is 9.87. The number of aromatic nitrogens is 3. The Bertz CT molecular complexity index is 1580. The van der Waals surface area contributed by atoms with Crippen molar-refractivity contribution in [3.8, 4) is 0 Å². The van der Waals surface area contributed by atoms with E-state index in [1.165, 1.54) is 46.8 Å². The van der Waals surface area contributed by atoms with Gasteiger partial charge in [-0.15, -0.1) is 0 Å². The minimum atomic E-state index is 0.620. The van der Waals surface area contributed by atoms with E-state index >= 15 is 0 Å². The zero-order chi connectivity index (χ0) is 26.2. The lowest BCUT2D eigenvalue weighted by atomic mass is 10.0. The summed E-state index contributed by atoms with van der Waals surface area (Å²) in [6.07, 6.45) is 4.00. The summed E-state index contributed by atoms with van der Waals surface area (Å²) in [5, 5.41) is 4.64. The number of likely N-dealkylation sites (tertiary alicyclic amines) is 1. The number of hydrogen-bond acceptors (Lipinski definition) is 8. The number of para-hydroxylation sites is 1. The normalized spacial score (nSPS) is 21.9. The van der Waals surface area contributed by atoms with Gasteiger partial charge in [-0.3, -0.25) is 4.31 Å². The van der Waals surface area contributed by atoms with Crippen LogP contribution in [0.2, 0.25) is 0 Å². The Morgan fingerprint density at radius 2 is 1.90 bits per heavy atom. The number of aromatic amines is 1. The van der Waals surface area contributed by atoms with Crippen LogP contribution in [0.1, 0.15) is 23.6 Å². The van der Waals surface area contributed by atoms with Gasteiger partial charge in [-0.25, -0.2) is 4.31 Å². The van der Waals surface area contributed by atoms with Crippen molar-refractivity contribution < 1.29 is 0 Å². The molecule has 0 radical (unpaired) electrons. The zero-order valence-corrected chi connectivity index (χ0v) is 23.6. The largest absolute Gasteiger partial charge is 0.371 e. The predicted molar refractivity (Wildman–Crippen MR) is 162 cm³/mol. The molecule has 2 fully saturated rings. The maximum absolute atomic E-state index is 5.11. The highest BCUT2D eigenvalue weighted by Crippen LogP contribution is 2.53. The molecule has 0 aliphatic carbocycles. The van der Waals surface area contributed by atoms with E-state index in [4.69, 9.17) is 9.97 Å². The second kappa shape index (κ2) is 8.79. The predicted octanol–water partition coefficient (Wildman–Crippen LogP) is 5.65. The van der Waals surface area contributed by atoms with Crippen molar-refractivity contribution in [2.24, 2.45) is 11.8 Å². The van der Waals surface area contributed by atoms with Crippen molar-refractivity contribution in [3.05, 3.63) is 59.3 Å². The molecule has 4 aromatic rings. The van der Waals surface area contributed by atoms with Crippen molar-refractivity contribution in [2.45, 2.75) is 26.7 Å². The molecule has 2 saturated heterocycles. The van der Waals surface area contributed by atoms with Gasteiger partial charge < -0.3 is 20.1 Å². The molecule has 6 heterocycles. The molecule has 0 bridgehead atoms. The Morgan fingerprint density at radius 3 is 2.72 bits per heavy atom. The molecular weight excluding hydrogens is 504 g/mol. The van der Waals surface area contributed by atoms with Crippen LogP contribution in [-0.2, 0) is 12.8 Å². The van der Waals surface area contributed by atoms with Gasteiger partial charge in [0.05, 0.1) is 28.9 Å². The summed E-state index contributed by atoms with van der Waals surface area (Å²) in [6.45, 7) is 10.3. The number of fused-ring (bicyclic) bond motifs is 2. The minimum Gasteiger partial charge on any atom is -0.371 e. The van der Waals surface area contributed by atoms with Crippen molar-refractivity contribution in [3.63, 3.8) is 0 Å². The van der Waals surface area contributed by atoms with E-state index in [2.05, 4.69) is 86.0 Å². The van der Waals surface area contributed by atoms with Gasteiger partial charge in [-0.1, -0.05) is 19.1 Å². The van der Waals surface area contributed by atoms with Gasteiger partial charge in [0.1, 0.15) is 5.65 Å². The third-order valence-electron chi connectivity index (χ3n) is 8.98. The van der Waals surface area contributed by atoms with E-state index < -0.39 is 0 Å². The van der Waals surface area contributed by atoms with E-state index in [9.17, 15) is 0 Å². The fourth-order valence-electron chi connectivity index (χ4n) is 7.11. The lowest BCUT2D eigenvalue weighted by molar-refractivity contribution is 0.387. The summed E-state index contributed by atoms with van der Waals surface area (Å²) >= 11 is 1.74. The van der Waals surface area contributed by atoms with Crippen LogP contribution in [0.4, 0.5) is 34.5 Å². The lowest BCUT2D eigenvalue weighted by Crippen LogP contribution is -2.27. The van der Waals surface area contributed by atoms with Crippen LogP contribution in [0.15, 0.2) is 42.6 Å². The fraction of sp³-hybridized carbons (Fsp3) is 0.400. The Hall–Kier alpha value is -3.43. The minimum absolute atomic E-state index is 0.620. The van der Waals surface area contributed by atoms with E-state index in [0.29, 0.717) is 5.95 Å². The second-order valence-electron chi connectivity index (χ2n) is 11.5. The average molecular weight is 539 g/mol. The molecule has 2 atom stereocenters. The fourth-order valence-corrected chi connectivity index (χ4v) is 8.23. The number of nitrogens with one attached hydrogen (secondary N) is 2. The van der Waals surface area contributed by atoms with Gasteiger partial charge in [0.2, 0.25) is 5.95 Å². The summed E-state index contributed by atoms with van der Waals surface area (Å²) < 4.78 is 4.65. The smallest absolute Gasteiger partial charge is 0.231 e. The van der Waals surface area contributed by atoms with Crippen LogP contribution in [0.5, 0.6) is 0 Å². The van der Waals surface area contributed by atoms with Crippen LogP contribution in [0.3, 0.4) is 0 Å². The van der Waals surface area contributed by atoms with Gasteiger partial charge in [-0.2, -0.15) is 9.97 Å². The SMILES string of the molecule is CCc1cc(N2CC3CN(C)CC3C2)c(C)cc1Nc1nc(N2SN3CCc4cccc2c43)c2cc[nH]c2n1. The maximum atomic E-state index is 5.11. The van der Waals surface area contributed by atoms with Crippen molar-refractivity contribution >= 4 is 57.7 Å². The third kappa shape index (κ3) is 3.70. The lowest BCUT2D eigenvalue weighted by Gasteiger charge is -2.25. The highest BCUT2D eigenvalue weighted by molar-refractivity contribution is 8.02. The number of anilines is 6. The van der Waals surface area contributed by atoms with Crippen molar-refractivity contribution in [1.82, 2.24) is 19.9 Å². The first kappa shape index (κ1) is 23.5. The summed E-state index contributed by atoms with van der Waals surface area (Å²) in [6, 6.07) is 13.4. The highest BCUT2D eigenvalue weighted by atomic mass is 32.2. The van der Waals surface area contributed by atoms with Gasteiger partial charge in [-0.05, 0) is 79.6 Å². The van der Waals surface area contributed by atoms with E-state index in [1.54, 1.807) is 12.1 Å². The van der Waals surface area contributed by atoms with Crippen LogP contribution in [0, 0.1) is 18.8 Å². The first-order chi connectivity index (χ1) is 19.1. The van der Waals surface area contributed by atoms with Crippen LogP contribution < -0.4 is 18.8 Å². The number of rotatable bonds is 5. The molecule has 2 N–H and O–H groups in total. The monoisotopic (exact) mass is 538 g/mol. The van der Waals surface area contributed by atoms with Gasteiger partial charge >= 0.3 is 0 Å². The molecule has 2 aromatic heterocycles. The third-order valence-corrected chi connectivity index (χ3v) is 10.1. The summed E-state index contributed by atoms with van der Waals surface area (Å²) in [5.74, 6) is 3.11. The topological polar surface area (TPSA) is 66.6 Å². The quantitative estimate of drug-likeness (QED) is 0.316. The molecule has 8 nitrogen and oxygen atoms in total. The molecule has 2 aromatic carbocycles. The maximum Gasteiger partial charge on any atom is 0.231 e. The van der Waals surface area contributed by atoms with Gasteiger partial charge in [0, 0.05) is 50.3 Å². The zero-order valence-electron chi connectivity index (χ0n) is 22.7. The number of benzene rings is 2. The van der Waals surface area contributed by atoms with E-state index in [0.717, 1.165) is 66.9 Å². The van der Waals surface area contributed by atoms with Crippen LogP contribution in [-0.4, -0.2) is 59.6 Å². The molecule has 8 rings (SSSR count). The van der Waals surface area contributed by atoms with E-state index in [1.807, 2.05) is 6.20 Å². The first-order valence-corrected chi connectivity index (χ1v) is 14.9. The molecule has 39 heavy (non-hydrogen) atoms. The molecule has 0 amide bonds. The molecule has 4 aliphatic rings. The Balaban J connectivity index is 1.13. The number of H-pyrrole nitrogens is 1. The first-order valence-electron chi connectivity index (χ1n) is 14.1. The molecule has 0 spiro atoms. The molecule has 4 aliphatic heterocycles. The Labute approximate surface area is 233 Å². The second-order valence-corrected chi connectivity index (χ2v) is 12.5. The van der Waals surface area contributed by atoms with Crippen LogP contribution >= 0.6 is 12.1 Å². The van der Waals surface area contributed by atoms with Crippen molar-refractivity contribution in [1.29, 1.82) is 0 Å². The Morgan fingerprint density at radius 1 is 1.05 bits per heavy atom. The standard InChI is InChI=1S/C30H34N8S/c1-4-19-13-26(36-16-21-14-35(3)15-22(21)17-36)18(2)12-24(19)32-30-33-28-23(8-10-31-28)29(34-30)38-25-7-5-6-20-9-11-37(39-38)27(20)25/h5-8,10,12-13,21-22H,4,9,11,14-17H2,1-3H3,(H2,31,32,33,34). The summed E-state index contributed by atoms with van der Waals surface area (Å²) in [4.78, 5) is 18.4. The average Bonchev–Trinajstić information content (AvgIpc) is 3.73. The van der Waals surface area contributed by atoms with E-state index in [-0.39, 0.29) is 0 Å². The molecule has 2 unspecified atom stereocenters. The van der Waals surface area contributed by atoms with Gasteiger partial charge in [0.15, 0.2) is 5.82 Å².